The van der Waals surface area contributed by atoms with E-state index in [1.165, 1.54) is 11.3 Å². The van der Waals surface area contributed by atoms with Crippen molar-refractivity contribution in [2.24, 2.45) is 0 Å². The van der Waals surface area contributed by atoms with Crippen molar-refractivity contribution in [3.63, 3.8) is 0 Å². The number of aromatic nitrogens is 4. The van der Waals surface area contributed by atoms with Gasteiger partial charge in [0.05, 0.1) is 26.1 Å². The zero-order chi connectivity index (χ0) is 16.4. The van der Waals surface area contributed by atoms with E-state index in [1.54, 1.807) is 31.2 Å². The fourth-order valence-electron chi connectivity index (χ4n) is 2.03. The molecule has 0 aliphatic carbocycles. The quantitative estimate of drug-likeness (QED) is 0.615. The van der Waals surface area contributed by atoms with Crippen LogP contribution in [0.2, 0.25) is 0 Å². The summed E-state index contributed by atoms with van der Waals surface area (Å²) in [5.74, 6) is 2.15. The second-order valence-corrected chi connectivity index (χ2v) is 5.96. The van der Waals surface area contributed by atoms with E-state index in [-0.39, 0.29) is 5.95 Å². The van der Waals surface area contributed by atoms with Gasteiger partial charge in [-0.05, 0) is 6.92 Å². The molecule has 0 unspecified atom stereocenters. The van der Waals surface area contributed by atoms with Gasteiger partial charge in [-0.1, -0.05) is 16.3 Å². The summed E-state index contributed by atoms with van der Waals surface area (Å²) in [6, 6.07) is 5.47. The number of thiazole rings is 1. The molecule has 0 saturated carbocycles. The maximum atomic E-state index is 5.79. The van der Waals surface area contributed by atoms with Crippen molar-refractivity contribution in [2.75, 3.05) is 25.3 Å². The first-order valence-electron chi connectivity index (χ1n) is 6.79. The molecule has 0 aliphatic heterocycles. The standard InChI is InChI=1S/C14H16N6O2S/c1-8-7-16-14(23-8)20-13(18-12(15)19-20)17-9-4-10(21-2)6-11(5-9)22-3/h4-7H,1-3H3,(H3,15,17,18,19)/p+1. The maximum absolute atomic E-state index is 5.79. The smallest absolute Gasteiger partial charge is 0.378 e. The number of nitrogen functional groups attached to an aromatic ring is 1. The van der Waals surface area contributed by atoms with E-state index in [1.807, 2.05) is 19.1 Å². The van der Waals surface area contributed by atoms with Crippen LogP contribution in [0.15, 0.2) is 24.4 Å². The lowest BCUT2D eigenvalue weighted by atomic mass is 10.3. The topological polar surface area (TPSA) is 102 Å². The first-order valence-corrected chi connectivity index (χ1v) is 7.61. The zero-order valence-electron chi connectivity index (χ0n) is 13.0. The van der Waals surface area contributed by atoms with Gasteiger partial charge in [-0.25, -0.2) is 5.10 Å². The fraction of sp³-hybridized carbons (Fsp3) is 0.214. The first-order chi connectivity index (χ1) is 11.1. The van der Waals surface area contributed by atoms with Crippen molar-refractivity contribution >= 4 is 28.9 Å². The summed E-state index contributed by atoms with van der Waals surface area (Å²) in [6.45, 7) is 1.99. The number of benzene rings is 1. The van der Waals surface area contributed by atoms with Gasteiger partial charge in [-0.2, -0.15) is 0 Å². The van der Waals surface area contributed by atoms with Crippen LogP contribution in [0.1, 0.15) is 4.88 Å². The third kappa shape index (κ3) is 3.19. The van der Waals surface area contributed by atoms with Crippen LogP contribution in [0, 0.1) is 6.92 Å². The Bertz CT molecular complexity index is 806. The average molecular weight is 333 g/mol. The van der Waals surface area contributed by atoms with Gasteiger partial charge in [0.15, 0.2) is 0 Å². The number of ether oxygens (including phenoxy) is 2. The number of rotatable bonds is 5. The number of aryl methyl sites for hydroxylation is 1. The van der Waals surface area contributed by atoms with Crippen LogP contribution in [0.4, 0.5) is 17.6 Å². The van der Waals surface area contributed by atoms with E-state index in [2.05, 4.69) is 20.4 Å². The van der Waals surface area contributed by atoms with Gasteiger partial charge >= 0.3 is 11.1 Å². The molecule has 0 spiro atoms. The number of hydrogen-bond donors (Lipinski definition) is 3. The van der Waals surface area contributed by atoms with Gasteiger partial charge in [0.25, 0.3) is 5.95 Å². The highest BCUT2D eigenvalue weighted by molar-refractivity contribution is 7.13. The van der Waals surface area contributed by atoms with Crippen LogP contribution in [-0.4, -0.2) is 29.3 Å². The molecule has 9 heteroatoms. The highest BCUT2D eigenvalue weighted by atomic mass is 32.1. The molecule has 0 fully saturated rings. The molecule has 3 rings (SSSR count). The summed E-state index contributed by atoms with van der Waals surface area (Å²) in [5.41, 5.74) is 6.55. The zero-order valence-corrected chi connectivity index (χ0v) is 13.8. The molecule has 2 heterocycles. The first kappa shape index (κ1) is 15.1. The van der Waals surface area contributed by atoms with Crippen molar-refractivity contribution < 1.29 is 14.2 Å². The SMILES string of the molecule is COc1cc(Nc2nc(N)[nH][n+]2-c2ncc(C)s2)cc(OC)c1. The van der Waals surface area contributed by atoms with Gasteiger partial charge in [0.1, 0.15) is 11.5 Å². The van der Waals surface area contributed by atoms with Gasteiger partial charge in [0, 0.05) is 23.1 Å². The van der Waals surface area contributed by atoms with Crippen LogP contribution in [0.3, 0.4) is 0 Å². The van der Waals surface area contributed by atoms with Gasteiger partial charge in [-0.15, -0.1) is 9.67 Å². The van der Waals surface area contributed by atoms with E-state index >= 15 is 0 Å². The molecule has 3 aromatic rings. The Balaban J connectivity index is 1.97. The molecule has 0 amide bonds. The van der Waals surface area contributed by atoms with Crippen LogP contribution in [0.5, 0.6) is 11.5 Å². The molecular formula is C14H17N6O2S+. The van der Waals surface area contributed by atoms with Crippen LogP contribution in [0.25, 0.3) is 5.13 Å². The van der Waals surface area contributed by atoms with Crippen molar-refractivity contribution in [3.8, 4) is 16.6 Å². The van der Waals surface area contributed by atoms with E-state index in [9.17, 15) is 0 Å². The van der Waals surface area contributed by atoms with Crippen LogP contribution in [-0.2, 0) is 0 Å². The lowest BCUT2D eigenvalue weighted by Crippen LogP contribution is -2.35. The third-order valence-electron chi connectivity index (χ3n) is 3.07. The highest BCUT2D eigenvalue weighted by Crippen LogP contribution is 2.27. The number of nitrogens with zero attached hydrogens (tertiary/aromatic N) is 3. The minimum Gasteiger partial charge on any atom is -0.497 e. The van der Waals surface area contributed by atoms with Gasteiger partial charge in [-0.3, -0.25) is 5.32 Å². The predicted molar refractivity (Wildman–Crippen MR) is 87.8 cm³/mol. The molecule has 1 aromatic carbocycles. The predicted octanol–water partition coefficient (Wildman–Crippen LogP) is 1.79. The minimum absolute atomic E-state index is 0.287. The fourth-order valence-corrected chi connectivity index (χ4v) is 2.76. The normalized spacial score (nSPS) is 10.6. The molecule has 0 radical (unpaired) electrons. The molecule has 120 valence electrons. The summed E-state index contributed by atoms with van der Waals surface area (Å²) in [7, 11) is 3.20. The summed E-state index contributed by atoms with van der Waals surface area (Å²) in [6.07, 6.45) is 1.79. The molecule has 0 atom stereocenters. The maximum Gasteiger partial charge on any atom is 0.378 e. The number of anilines is 3. The molecule has 2 aromatic heterocycles. The second kappa shape index (κ2) is 6.13. The van der Waals surface area contributed by atoms with E-state index in [4.69, 9.17) is 15.2 Å². The summed E-state index contributed by atoms with van der Waals surface area (Å²) in [5, 5.41) is 6.90. The highest BCUT2D eigenvalue weighted by Gasteiger charge is 2.20. The monoisotopic (exact) mass is 333 g/mol. The Morgan fingerprint density at radius 2 is 1.91 bits per heavy atom. The van der Waals surface area contributed by atoms with Crippen molar-refractivity contribution in [2.45, 2.75) is 6.92 Å². The summed E-state index contributed by atoms with van der Waals surface area (Å²) >= 11 is 1.53. The Labute approximate surface area is 136 Å². The van der Waals surface area contributed by atoms with E-state index < -0.39 is 0 Å². The minimum atomic E-state index is 0.287. The number of aromatic amines is 1. The number of nitrogens with two attached hydrogens (primary N) is 1. The van der Waals surface area contributed by atoms with Gasteiger partial charge in [0.2, 0.25) is 0 Å². The third-order valence-corrected chi connectivity index (χ3v) is 3.97. The molecule has 0 aliphatic rings. The summed E-state index contributed by atoms with van der Waals surface area (Å²) in [4.78, 5) is 9.69. The van der Waals surface area contributed by atoms with E-state index in [0.717, 1.165) is 15.7 Å². The average Bonchev–Trinajstić information content (AvgIpc) is 3.12. The number of H-pyrrole nitrogens is 1. The van der Waals surface area contributed by atoms with Gasteiger partial charge < -0.3 is 15.2 Å². The number of nitrogens with one attached hydrogen (secondary N) is 2. The molecule has 8 nitrogen and oxygen atoms in total. The molecular weight excluding hydrogens is 316 g/mol. The van der Waals surface area contributed by atoms with Crippen LogP contribution >= 0.6 is 11.3 Å². The Kier molecular flexibility index (Phi) is 4.02. The van der Waals surface area contributed by atoms with Crippen molar-refractivity contribution in [1.82, 2.24) is 15.1 Å². The molecule has 0 saturated heterocycles. The second-order valence-electron chi connectivity index (χ2n) is 4.75. The Morgan fingerprint density at radius 3 is 2.48 bits per heavy atom. The number of hydrogen-bond acceptors (Lipinski definition) is 7. The van der Waals surface area contributed by atoms with Crippen molar-refractivity contribution in [1.29, 1.82) is 0 Å². The number of methoxy groups -OCH3 is 2. The molecule has 23 heavy (non-hydrogen) atoms. The van der Waals surface area contributed by atoms with E-state index in [0.29, 0.717) is 17.4 Å². The Morgan fingerprint density at radius 1 is 1.22 bits per heavy atom. The van der Waals surface area contributed by atoms with Crippen molar-refractivity contribution in [3.05, 3.63) is 29.3 Å². The molecule has 4 N–H and O–H groups in total. The molecule has 0 bridgehead atoms. The Hall–Kier alpha value is -2.81. The summed E-state index contributed by atoms with van der Waals surface area (Å²) < 4.78 is 12.2. The lowest BCUT2D eigenvalue weighted by Gasteiger charge is -2.07. The lowest BCUT2D eigenvalue weighted by molar-refractivity contribution is -0.640. The van der Waals surface area contributed by atoms with Crippen LogP contribution < -0.4 is 25.2 Å². The largest absolute Gasteiger partial charge is 0.497 e.